The minimum atomic E-state index is -5.86. The molecule has 1 aliphatic rings. The van der Waals surface area contributed by atoms with Crippen molar-refractivity contribution in [3.63, 3.8) is 0 Å². The molecular formula is C32H33F3O9S. The molecule has 9 nitrogen and oxygen atoms in total. The average Bonchev–Trinajstić information content (AvgIpc) is 3.04. The molecule has 45 heavy (non-hydrogen) atoms. The normalized spacial score (nSPS) is 18.4. The molecule has 3 aromatic rings. The molecule has 0 unspecified atom stereocenters. The number of benzene rings is 3. The van der Waals surface area contributed by atoms with Crippen molar-refractivity contribution in [3.8, 4) is 11.5 Å². The molecule has 1 fully saturated rings. The van der Waals surface area contributed by atoms with E-state index >= 15 is 0 Å². The lowest BCUT2D eigenvalue weighted by molar-refractivity contribution is -0.135. The van der Waals surface area contributed by atoms with E-state index in [1.165, 1.54) is 13.2 Å². The fourth-order valence-corrected chi connectivity index (χ4v) is 5.57. The van der Waals surface area contributed by atoms with Crippen LogP contribution in [-0.4, -0.2) is 66.6 Å². The standard InChI is InChI=1S/C32H33F3O9S/c1-39-26-13-9-24(10-14-26)31(23-7-5-4-6-8-23,25-11-15-27(40-2)16-12-25)42-20-28-17-22(19-30(36)41-3)18-29(44-28)21-43-45(37,38)32(33,34)35/h4-16,19,28-29H,17-18,20-21H2,1-3H3/b22-19+/t28-,29+/m1/s1. The fourth-order valence-electron chi connectivity index (χ4n) is 5.10. The van der Waals surface area contributed by atoms with Crippen molar-refractivity contribution < 1.29 is 54.3 Å². The minimum absolute atomic E-state index is 0.0558. The Morgan fingerprint density at radius 2 is 1.29 bits per heavy atom. The number of esters is 1. The van der Waals surface area contributed by atoms with Crippen LogP contribution in [0.4, 0.5) is 13.2 Å². The van der Waals surface area contributed by atoms with E-state index in [-0.39, 0.29) is 19.4 Å². The Morgan fingerprint density at radius 1 is 0.800 bits per heavy atom. The summed E-state index contributed by atoms with van der Waals surface area (Å²) in [5.74, 6) is 0.574. The smallest absolute Gasteiger partial charge is 0.497 e. The van der Waals surface area contributed by atoms with Gasteiger partial charge in [0.25, 0.3) is 0 Å². The van der Waals surface area contributed by atoms with Gasteiger partial charge in [-0.05, 0) is 53.8 Å². The number of methoxy groups -OCH3 is 3. The zero-order valence-electron chi connectivity index (χ0n) is 24.8. The van der Waals surface area contributed by atoms with Gasteiger partial charge in [-0.1, -0.05) is 60.2 Å². The molecule has 0 N–H and O–H groups in total. The van der Waals surface area contributed by atoms with Gasteiger partial charge in [0.05, 0.1) is 46.8 Å². The molecule has 0 spiro atoms. The van der Waals surface area contributed by atoms with Crippen LogP contribution in [0.3, 0.4) is 0 Å². The number of ether oxygens (including phenoxy) is 5. The Balaban J connectivity index is 1.73. The maximum Gasteiger partial charge on any atom is 0.523 e. The highest BCUT2D eigenvalue weighted by Gasteiger charge is 2.48. The van der Waals surface area contributed by atoms with Gasteiger partial charge < -0.3 is 23.7 Å². The van der Waals surface area contributed by atoms with Gasteiger partial charge in [-0.2, -0.15) is 21.6 Å². The number of halogens is 3. The summed E-state index contributed by atoms with van der Waals surface area (Å²) in [5.41, 5.74) is -4.12. The van der Waals surface area contributed by atoms with Crippen LogP contribution in [0.25, 0.3) is 0 Å². The molecule has 242 valence electrons. The molecule has 13 heteroatoms. The predicted molar refractivity (Wildman–Crippen MR) is 157 cm³/mol. The highest BCUT2D eigenvalue weighted by atomic mass is 32.2. The van der Waals surface area contributed by atoms with E-state index in [9.17, 15) is 26.4 Å². The summed E-state index contributed by atoms with van der Waals surface area (Å²) in [6, 6.07) is 24.0. The molecule has 0 aliphatic carbocycles. The van der Waals surface area contributed by atoms with Crippen LogP contribution in [0.1, 0.15) is 29.5 Å². The molecule has 4 rings (SSSR count). The van der Waals surface area contributed by atoms with Crippen molar-refractivity contribution in [2.45, 2.75) is 36.2 Å². The number of alkyl halides is 3. The molecule has 0 radical (unpaired) electrons. The van der Waals surface area contributed by atoms with Crippen LogP contribution in [0.2, 0.25) is 0 Å². The van der Waals surface area contributed by atoms with E-state index < -0.39 is 46.0 Å². The third-order valence-electron chi connectivity index (χ3n) is 7.24. The lowest BCUT2D eigenvalue weighted by atomic mass is 9.80. The molecule has 0 bridgehead atoms. The van der Waals surface area contributed by atoms with Crippen molar-refractivity contribution in [1.29, 1.82) is 0 Å². The van der Waals surface area contributed by atoms with Gasteiger partial charge in [-0.3, -0.25) is 4.18 Å². The first-order valence-electron chi connectivity index (χ1n) is 13.8. The molecule has 1 saturated heterocycles. The maximum atomic E-state index is 12.9. The summed E-state index contributed by atoms with van der Waals surface area (Å²) < 4.78 is 94.5. The van der Waals surface area contributed by atoms with E-state index in [1.807, 2.05) is 54.6 Å². The van der Waals surface area contributed by atoms with E-state index in [2.05, 4.69) is 4.18 Å². The number of carbonyl (C=O) groups is 1. The first-order chi connectivity index (χ1) is 21.4. The first-order valence-corrected chi connectivity index (χ1v) is 15.2. The largest absolute Gasteiger partial charge is 0.523 e. The maximum absolute atomic E-state index is 12.9. The summed E-state index contributed by atoms with van der Waals surface area (Å²) in [6.45, 7) is -1.04. The zero-order chi connectivity index (χ0) is 32.7. The van der Waals surface area contributed by atoms with Gasteiger partial charge in [0, 0.05) is 6.08 Å². The van der Waals surface area contributed by atoms with E-state index in [0.29, 0.717) is 17.1 Å². The molecule has 2 atom stereocenters. The van der Waals surface area contributed by atoms with Crippen LogP contribution >= 0.6 is 0 Å². The SMILES string of the molecule is COC(=O)/C=C1/C[C@@H](COS(=O)(=O)C(F)(F)F)O[C@@H](COC(c2ccccc2)(c2ccc(OC)cc2)c2ccc(OC)cc2)C1. The van der Waals surface area contributed by atoms with Crippen LogP contribution in [0.15, 0.2) is 90.5 Å². The monoisotopic (exact) mass is 650 g/mol. The van der Waals surface area contributed by atoms with Crippen molar-refractivity contribution in [3.05, 3.63) is 107 Å². The third kappa shape index (κ3) is 8.03. The van der Waals surface area contributed by atoms with Crippen LogP contribution < -0.4 is 9.47 Å². The molecule has 0 amide bonds. The van der Waals surface area contributed by atoms with Gasteiger partial charge in [0.1, 0.15) is 17.1 Å². The molecular weight excluding hydrogens is 617 g/mol. The topological polar surface area (TPSA) is 107 Å². The van der Waals surface area contributed by atoms with Gasteiger partial charge in [0.2, 0.25) is 0 Å². The summed E-state index contributed by atoms with van der Waals surface area (Å²) in [6.07, 6.45) is -0.629. The second-order valence-corrected chi connectivity index (χ2v) is 11.7. The van der Waals surface area contributed by atoms with Gasteiger partial charge in [0.15, 0.2) is 0 Å². The van der Waals surface area contributed by atoms with Crippen LogP contribution in [0, 0.1) is 0 Å². The Kier molecular flexibility index (Phi) is 10.9. The van der Waals surface area contributed by atoms with Gasteiger partial charge in [-0.15, -0.1) is 0 Å². The Bertz CT molecular complexity index is 1510. The Morgan fingerprint density at radius 3 is 1.76 bits per heavy atom. The molecule has 1 aliphatic heterocycles. The second kappa shape index (κ2) is 14.5. The summed E-state index contributed by atoms with van der Waals surface area (Å²) in [4.78, 5) is 12.1. The Labute approximate surface area is 259 Å². The third-order valence-corrected chi connectivity index (χ3v) is 8.25. The number of hydrogen-bond donors (Lipinski definition) is 0. The van der Waals surface area contributed by atoms with Crippen molar-refractivity contribution >= 4 is 16.1 Å². The van der Waals surface area contributed by atoms with Crippen LogP contribution in [0.5, 0.6) is 11.5 Å². The molecule has 0 aromatic heterocycles. The molecule has 1 heterocycles. The molecule has 0 saturated carbocycles. The average molecular weight is 651 g/mol. The number of hydrogen-bond acceptors (Lipinski definition) is 9. The summed E-state index contributed by atoms with van der Waals surface area (Å²) in [5, 5.41) is 0. The highest BCUT2D eigenvalue weighted by molar-refractivity contribution is 7.87. The fraction of sp³-hybridized carbons (Fsp3) is 0.344. The van der Waals surface area contributed by atoms with Crippen LogP contribution in [-0.2, 0) is 38.9 Å². The quantitative estimate of drug-likeness (QED) is 0.0823. The van der Waals surface area contributed by atoms with E-state index in [4.69, 9.17) is 23.7 Å². The zero-order valence-corrected chi connectivity index (χ0v) is 25.6. The first kappa shape index (κ1) is 34.0. The second-order valence-electron chi connectivity index (χ2n) is 10.1. The predicted octanol–water partition coefficient (Wildman–Crippen LogP) is 5.53. The Hall–Kier alpha value is -3.91. The van der Waals surface area contributed by atoms with Crippen molar-refractivity contribution in [2.75, 3.05) is 34.5 Å². The van der Waals surface area contributed by atoms with E-state index in [1.54, 1.807) is 38.5 Å². The lowest BCUT2D eigenvalue weighted by Crippen LogP contribution is -2.40. The summed E-state index contributed by atoms with van der Waals surface area (Å²) >= 11 is 0. The van der Waals surface area contributed by atoms with Crippen molar-refractivity contribution in [2.24, 2.45) is 0 Å². The lowest BCUT2D eigenvalue weighted by Gasteiger charge is -2.39. The number of rotatable bonds is 12. The highest BCUT2D eigenvalue weighted by Crippen LogP contribution is 2.42. The number of carbonyl (C=O) groups excluding carboxylic acids is 1. The van der Waals surface area contributed by atoms with E-state index in [0.717, 1.165) is 16.7 Å². The molecule has 3 aromatic carbocycles. The van der Waals surface area contributed by atoms with Gasteiger partial charge in [-0.25, -0.2) is 4.79 Å². The van der Waals surface area contributed by atoms with Gasteiger partial charge >= 0.3 is 21.6 Å². The minimum Gasteiger partial charge on any atom is -0.497 e. The van der Waals surface area contributed by atoms with Crippen molar-refractivity contribution in [1.82, 2.24) is 0 Å². The summed E-state index contributed by atoms with van der Waals surface area (Å²) in [7, 11) is -1.56.